The largest absolute Gasteiger partial charge is 0.338 e. The van der Waals surface area contributed by atoms with Crippen molar-refractivity contribution < 1.29 is 4.52 Å². The first-order valence-electron chi connectivity index (χ1n) is 5.48. The second kappa shape index (κ2) is 6.20. The van der Waals surface area contributed by atoms with E-state index in [-0.39, 0.29) is 0 Å². The molecule has 0 aliphatic rings. The van der Waals surface area contributed by atoms with Gasteiger partial charge in [0.15, 0.2) is 5.82 Å². The van der Waals surface area contributed by atoms with Crippen LogP contribution < -0.4 is 5.32 Å². The van der Waals surface area contributed by atoms with Gasteiger partial charge in [-0.05, 0) is 17.7 Å². The van der Waals surface area contributed by atoms with Gasteiger partial charge in [-0.15, -0.1) is 6.42 Å². The fourth-order valence-corrected chi connectivity index (χ4v) is 1.72. The molecule has 1 aromatic carbocycles. The summed E-state index contributed by atoms with van der Waals surface area (Å²) in [5, 5.41) is 7.58. The Labute approximate surface area is 110 Å². The molecular formula is C13H12ClN3O. The van der Waals surface area contributed by atoms with Crippen molar-refractivity contribution in [3.05, 3.63) is 46.6 Å². The van der Waals surface area contributed by atoms with Gasteiger partial charge in [0.05, 0.1) is 13.1 Å². The van der Waals surface area contributed by atoms with Crippen molar-refractivity contribution in [1.29, 1.82) is 0 Å². The van der Waals surface area contributed by atoms with Crippen LogP contribution in [0.3, 0.4) is 0 Å². The number of rotatable bonds is 5. The maximum atomic E-state index is 5.91. The van der Waals surface area contributed by atoms with Crippen LogP contribution in [0.2, 0.25) is 5.02 Å². The second-order valence-electron chi connectivity index (χ2n) is 3.72. The van der Waals surface area contributed by atoms with Crippen LogP contribution in [0.25, 0.3) is 0 Å². The lowest BCUT2D eigenvalue weighted by atomic mass is 10.1. The molecule has 0 aliphatic heterocycles. The van der Waals surface area contributed by atoms with Gasteiger partial charge in [0, 0.05) is 11.4 Å². The predicted octanol–water partition coefficient (Wildman–Crippen LogP) is 2.04. The van der Waals surface area contributed by atoms with Crippen LogP contribution in [-0.4, -0.2) is 16.7 Å². The minimum atomic E-state index is 0.478. The van der Waals surface area contributed by atoms with E-state index in [9.17, 15) is 0 Å². The highest BCUT2D eigenvalue weighted by atomic mass is 35.5. The third-order valence-corrected chi connectivity index (χ3v) is 2.50. The smallest absolute Gasteiger partial charge is 0.240 e. The van der Waals surface area contributed by atoms with Gasteiger partial charge >= 0.3 is 0 Å². The van der Waals surface area contributed by atoms with E-state index in [1.807, 2.05) is 24.3 Å². The standard InChI is InChI=1S/C13H12ClN3O/c1-2-6-15-9-13-16-12(17-18-13)8-10-4-3-5-11(14)7-10/h1,3-5,7,15H,6,8-9H2. The summed E-state index contributed by atoms with van der Waals surface area (Å²) >= 11 is 5.91. The van der Waals surface area contributed by atoms with Crippen LogP contribution in [0, 0.1) is 12.3 Å². The van der Waals surface area contributed by atoms with E-state index in [0.29, 0.717) is 36.2 Å². The monoisotopic (exact) mass is 261 g/mol. The first kappa shape index (κ1) is 12.6. The van der Waals surface area contributed by atoms with Crippen LogP contribution in [0.5, 0.6) is 0 Å². The molecule has 0 saturated heterocycles. The minimum absolute atomic E-state index is 0.478. The Balaban J connectivity index is 1.96. The maximum Gasteiger partial charge on any atom is 0.240 e. The van der Waals surface area contributed by atoms with Crippen molar-refractivity contribution in [3.63, 3.8) is 0 Å². The highest BCUT2D eigenvalue weighted by molar-refractivity contribution is 6.30. The van der Waals surface area contributed by atoms with Gasteiger partial charge in [0.2, 0.25) is 5.89 Å². The fraction of sp³-hybridized carbons (Fsp3) is 0.231. The third kappa shape index (κ3) is 3.59. The van der Waals surface area contributed by atoms with Gasteiger partial charge in [-0.2, -0.15) is 4.98 Å². The lowest BCUT2D eigenvalue weighted by Gasteiger charge is -1.96. The molecule has 2 rings (SSSR count). The summed E-state index contributed by atoms with van der Waals surface area (Å²) in [5.74, 6) is 3.64. The number of benzene rings is 1. The summed E-state index contributed by atoms with van der Waals surface area (Å²) in [7, 11) is 0. The molecule has 0 radical (unpaired) electrons. The molecule has 0 fully saturated rings. The molecule has 0 unspecified atom stereocenters. The van der Waals surface area contributed by atoms with Crippen LogP contribution in [0.1, 0.15) is 17.3 Å². The van der Waals surface area contributed by atoms with E-state index in [4.69, 9.17) is 22.5 Å². The molecule has 0 spiro atoms. The summed E-state index contributed by atoms with van der Waals surface area (Å²) in [6.07, 6.45) is 5.72. The third-order valence-electron chi connectivity index (χ3n) is 2.26. The van der Waals surface area contributed by atoms with Crippen molar-refractivity contribution in [1.82, 2.24) is 15.5 Å². The zero-order valence-electron chi connectivity index (χ0n) is 9.69. The van der Waals surface area contributed by atoms with E-state index < -0.39 is 0 Å². The first-order chi connectivity index (χ1) is 8.78. The van der Waals surface area contributed by atoms with E-state index in [0.717, 1.165) is 5.56 Å². The van der Waals surface area contributed by atoms with Gasteiger partial charge < -0.3 is 4.52 Å². The van der Waals surface area contributed by atoms with Crippen molar-refractivity contribution in [3.8, 4) is 12.3 Å². The van der Waals surface area contributed by atoms with Crippen LogP contribution in [0.4, 0.5) is 0 Å². The Kier molecular flexibility index (Phi) is 4.35. The zero-order valence-corrected chi connectivity index (χ0v) is 10.4. The number of nitrogens with zero attached hydrogens (tertiary/aromatic N) is 2. The van der Waals surface area contributed by atoms with Crippen LogP contribution in [-0.2, 0) is 13.0 Å². The normalized spacial score (nSPS) is 10.2. The van der Waals surface area contributed by atoms with Crippen LogP contribution in [0.15, 0.2) is 28.8 Å². The van der Waals surface area contributed by atoms with Crippen molar-refractivity contribution in [2.24, 2.45) is 0 Å². The van der Waals surface area contributed by atoms with Crippen LogP contribution >= 0.6 is 11.6 Å². The summed E-state index contributed by atoms with van der Waals surface area (Å²) < 4.78 is 5.09. The van der Waals surface area contributed by atoms with Crippen molar-refractivity contribution in [2.75, 3.05) is 6.54 Å². The summed E-state index contributed by atoms with van der Waals surface area (Å²) in [5.41, 5.74) is 1.05. The number of hydrogen-bond acceptors (Lipinski definition) is 4. The van der Waals surface area contributed by atoms with Gasteiger partial charge in [-0.1, -0.05) is 34.8 Å². The second-order valence-corrected chi connectivity index (χ2v) is 4.16. The molecule has 2 aromatic rings. The fourth-order valence-electron chi connectivity index (χ4n) is 1.50. The van der Waals surface area contributed by atoms with E-state index in [1.165, 1.54) is 0 Å². The molecule has 18 heavy (non-hydrogen) atoms. The lowest BCUT2D eigenvalue weighted by Crippen LogP contribution is -2.13. The Hall–Kier alpha value is -1.83. The number of aromatic nitrogens is 2. The zero-order chi connectivity index (χ0) is 12.8. The van der Waals surface area contributed by atoms with Gasteiger partial charge in [0.25, 0.3) is 0 Å². The molecule has 0 aliphatic carbocycles. The molecule has 1 N–H and O–H groups in total. The summed E-state index contributed by atoms with van der Waals surface area (Å²) in [4.78, 5) is 4.26. The van der Waals surface area contributed by atoms with E-state index >= 15 is 0 Å². The Morgan fingerprint density at radius 1 is 1.44 bits per heavy atom. The van der Waals surface area contributed by atoms with Gasteiger partial charge in [-0.25, -0.2) is 0 Å². The van der Waals surface area contributed by atoms with Gasteiger partial charge in [-0.3, -0.25) is 5.32 Å². The average molecular weight is 262 g/mol. The molecule has 4 nitrogen and oxygen atoms in total. The first-order valence-corrected chi connectivity index (χ1v) is 5.86. The quantitative estimate of drug-likeness (QED) is 0.661. The van der Waals surface area contributed by atoms with Crippen molar-refractivity contribution >= 4 is 11.6 Å². The molecule has 1 heterocycles. The topological polar surface area (TPSA) is 51.0 Å². The van der Waals surface area contributed by atoms with Crippen molar-refractivity contribution in [2.45, 2.75) is 13.0 Å². The average Bonchev–Trinajstić information content (AvgIpc) is 2.77. The molecule has 92 valence electrons. The number of hydrogen-bond donors (Lipinski definition) is 1. The molecule has 0 saturated carbocycles. The van der Waals surface area contributed by atoms with E-state index in [1.54, 1.807) is 0 Å². The molecule has 1 aromatic heterocycles. The highest BCUT2D eigenvalue weighted by Crippen LogP contribution is 2.13. The Morgan fingerprint density at radius 2 is 2.33 bits per heavy atom. The highest BCUT2D eigenvalue weighted by Gasteiger charge is 2.06. The predicted molar refractivity (Wildman–Crippen MR) is 69.1 cm³/mol. The summed E-state index contributed by atoms with van der Waals surface area (Å²) in [6.45, 7) is 0.957. The molecule has 0 atom stereocenters. The molecule has 5 heteroatoms. The SMILES string of the molecule is C#CCNCc1nc(Cc2cccc(Cl)c2)no1. The number of nitrogens with one attached hydrogen (secondary N) is 1. The minimum Gasteiger partial charge on any atom is -0.338 e. The van der Waals surface area contributed by atoms with E-state index in [2.05, 4.69) is 21.4 Å². The molecular weight excluding hydrogens is 250 g/mol. The molecule has 0 bridgehead atoms. The maximum absolute atomic E-state index is 5.91. The van der Waals surface area contributed by atoms with Gasteiger partial charge in [0.1, 0.15) is 0 Å². The summed E-state index contributed by atoms with van der Waals surface area (Å²) in [6, 6.07) is 7.58. The number of terminal acetylenes is 1. The Bertz CT molecular complexity index is 559. The molecule has 0 amide bonds. The Morgan fingerprint density at radius 3 is 3.11 bits per heavy atom. The lowest BCUT2D eigenvalue weighted by molar-refractivity contribution is 0.366. The number of halogens is 1.